The molecule has 2 rings (SSSR count). The molecule has 1 unspecified atom stereocenters. The van der Waals surface area contributed by atoms with Gasteiger partial charge in [-0.25, -0.2) is 4.79 Å². The maximum Gasteiger partial charge on any atom is 0.371 e. The molecule has 2 N–H and O–H groups in total. The summed E-state index contributed by atoms with van der Waals surface area (Å²) < 4.78 is 5.32. The molecule has 0 spiro atoms. The van der Waals surface area contributed by atoms with Gasteiger partial charge in [0.05, 0.1) is 6.04 Å². The Hall–Kier alpha value is -0.940. The molecule has 0 aromatic carbocycles. The van der Waals surface area contributed by atoms with Crippen LogP contribution in [0.15, 0.2) is 16.5 Å². The van der Waals surface area contributed by atoms with Crippen molar-refractivity contribution in [1.82, 2.24) is 5.32 Å². The number of rotatable bonds is 5. The van der Waals surface area contributed by atoms with Gasteiger partial charge in [0.15, 0.2) is 0 Å². The summed E-state index contributed by atoms with van der Waals surface area (Å²) in [7, 11) is 0. The highest BCUT2D eigenvalue weighted by Crippen LogP contribution is 2.28. The van der Waals surface area contributed by atoms with Gasteiger partial charge in [-0.3, -0.25) is 0 Å². The average Bonchev–Trinajstić information content (AvgIpc) is 2.89. The van der Waals surface area contributed by atoms with E-state index in [-0.39, 0.29) is 11.8 Å². The molecule has 1 saturated carbocycles. The van der Waals surface area contributed by atoms with Crippen LogP contribution in [-0.2, 0) is 0 Å². The van der Waals surface area contributed by atoms with Crippen molar-refractivity contribution in [2.45, 2.75) is 49.9 Å². The molecule has 4 nitrogen and oxygen atoms in total. The van der Waals surface area contributed by atoms with Gasteiger partial charge in [-0.2, -0.15) is 11.8 Å². The van der Waals surface area contributed by atoms with Gasteiger partial charge in [-0.1, -0.05) is 0 Å². The van der Waals surface area contributed by atoms with E-state index < -0.39 is 5.97 Å². The first-order valence-corrected chi connectivity index (χ1v) is 8.00. The van der Waals surface area contributed by atoms with Crippen LogP contribution in [0.4, 0.5) is 0 Å². The second kappa shape index (κ2) is 6.48. The van der Waals surface area contributed by atoms with Crippen LogP contribution in [0.1, 0.15) is 55.0 Å². The fourth-order valence-electron chi connectivity index (χ4n) is 2.60. The minimum atomic E-state index is -1.01. The lowest BCUT2D eigenvalue weighted by Crippen LogP contribution is -2.35. The summed E-state index contributed by atoms with van der Waals surface area (Å²) in [5.74, 6) is -0.307. The van der Waals surface area contributed by atoms with E-state index in [1.165, 1.54) is 31.7 Å². The Balaban J connectivity index is 1.86. The first-order valence-electron chi connectivity index (χ1n) is 6.72. The van der Waals surface area contributed by atoms with E-state index in [1.54, 1.807) is 6.07 Å². The Morgan fingerprint density at radius 1 is 1.42 bits per heavy atom. The third-order valence-corrected chi connectivity index (χ3v) is 4.90. The Kier molecular flexibility index (Phi) is 4.93. The molecule has 0 bridgehead atoms. The van der Waals surface area contributed by atoms with Crippen LogP contribution in [0.3, 0.4) is 0 Å². The maximum absolute atomic E-state index is 10.8. The van der Waals surface area contributed by atoms with Crippen LogP contribution >= 0.6 is 11.8 Å². The first kappa shape index (κ1) is 14.5. The third-order valence-electron chi connectivity index (χ3n) is 3.76. The number of aromatic carboxylic acids is 1. The number of thioether (sulfide) groups is 1. The number of furan rings is 1. The summed E-state index contributed by atoms with van der Waals surface area (Å²) in [5.41, 5.74) is 0. The number of nitrogens with one attached hydrogen (secondary N) is 1. The van der Waals surface area contributed by atoms with E-state index in [0.29, 0.717) is 11.8 Å². The standard InChI is InChI=1S/C14H21NO3S/c1-9(12-7-8-13(18-12)14(16)17)15-10-3-5-11(19-2)6-4-10/h7-11,15H,3-6H2,1-2H3,(H,16,17). The van der Waals surface area contributed by atoms with E-state index in [4.69, 9.17) is 9.52 Å². The van der Waals surface area contributed by atoms with Crippen molar-refractivity contribution in [2.75, 3.05) is 6.26 Å². The minimum absolute atomic E-state index is 0.00902. The molecule has 1 heterocycles. The van der Waals surface area contributed by atoms with Crippen LogP contribution in [0.2, 0.25) is 0 Å². The SMILES string of the molecule is CSC1CCC(NC(C)c2ccc(C(=O)O)o2)CC1. The predicted molar refractivity (Wildman–Crippen MR) is 76.8 cm³/mol. The van der Waals surface area contributed by atoms with Crippen molar-refractivity contribution >= 4 is 17.7 Å². The molecular weight excluding hydrogens is 262 g/mol. The van der Waals surface area contributed by atoms with Gasteiger partial charge in [-0.05, 0) is 51.0 Å². The van der Waals surface area contributed by atoms with E-state index in [9.17, 15) is 4.79 Å². The summed E-state index contributed by atoms with van der Waals surface area (Å²) in [4.78, 5) is 10.8. The van der Waals surface area contributed by atoms with E-state index in [0.717, 1.165) is 5.25 Å². The highest BCUT2D eigenvalue weighted by Gasteiger charge is 2.23. The summed E-state index contributed by atoms with van der Waals surface area (Å²) in [6.07, 6.45) is 7.05. The van der Waals surface area contributed by atoms with E-state index in [1.807, 2.05) is 18.7 Å². The Labute approximate surface area is 117 Å². The van der Waals surface area contributed by atoms with E-state index >= 15 is 0 Å². The fraction of sp³-hybridized carbons (Fsp3) is 0.643. The fourth-order valence-corrected chi connectivity index (χ4v) is 3.34. The van der Waals surface area contributed by atoms with Gasteiger partial charge in [0, 0.05) is 11.3 Å². The van der Waals surface area contributed by atoms with Crippen LogP contribution in [0, 0.1) is 0 Å². The van der Waals surface area contributed by atoms with Gasteiger partial charge in [0.2, 0.25) is 5.76 Å². The lowest BCUT2D eigenvalue weighted by Gasteiger charge is -2.29. The van der Waals surface area contributed by atoms with Crippen molar-refractivity contribution in [3.05, 3.63) is 23.7 Å². The summed E-state index contributed by atoms with van der Waals surface area (Å²) in [5, 5.41) is 13.2. The van der Waals surface area contributed by atoms with Crippen molar-refractivity contribution in [2.24, 2.45) is 0 Å². The highest BCUT2D eigenvalue weighted by atomic mass is 32.2. The lowest BCUT2D eigenvalue weighted by atomic mass is 9.94. The first-order chi connectivity index (χ1) is 9.10. The van der Waals surface area contributed by atoms with Gasteiger partial charge >= 0.3 is 5.97 Å². The molecule has 1 aromatic heterocycles. The minimum Gasteiger partial charge on any atom is -0.475 e. The maximum atomic E-state index is 10.8. The van der Waals surface area contributed by atoms with Gasteiger partial charge in [0.25, 0.3) is 0 Å². The molecule has 106 valence electrons. The smallest absolute Gasteiger partial charge is 0.371 e. The van der Waals surface area contributed by atoms with Crippen LogP contribution < -0.4 is 5.32 Å². The van der Waals surface area contributed by atoms with Gasteiger partial charge in [0.1, 0.15) is 5.76 Å². The normalized spacial score (nSPS) is 25.2. The Morgan fingerprint density at radius 3 is 2.63 bits per heavy atom. The zero-order valence-corrected chi connectivity index (χ0v) is 12.2. The second-order valence-electron chi connectivity index (χ2n) is 5.10. The number of carbonyl (C=O) groups is 1. The summed E-state index contributed by atoms with van der Waals surface area (Å²) in [6.45, 7) is 2.02. The van der Waals surface area contributed by atoms with Crippen LogP contribution in [0.25, 0.3) is 0 Å². The lowest BCUT2D eigenvalue weighted by molar-refractivity contribution is 0.0659. The molecule has 0 saturated heterocycles. The molecule has 5 heteroatoms. The molecule has 0 amide bonds. The quantitative estimate of drug-likeness (QED) is 0.868. The number of hydrogen-bond donors (Lipinski definition) is 2. The molecule has 0 aliphatic heterocycles. The summed E-state index contributed by atoms with van der Waals surface area (Å²) >= 11 is 1.96. The number of hydrogen-bond acceptors (Lipinski definition) is 4. The largest absolute Gasteiger partial charge is 0.475 e. The third kappa shape index (κ3) is 3.76. The Morgan fingerprint density at radius 2 is 2.11 bits per heavy atom. The van der Waals surface area contributed by atoms with Crippen molar-refractivity contribution in [1.29, 1.82) is 0 Å². The number of carboxylic acid groups (broad SMARTS) is 1. The van der Waals surface area contributed by atoms with Crippen molar-refractivity contribution in [3.63, 3.8) is 0 Å². The summed E-state index contributed by atoms with van der Waals surface area (Å²) in [6, 6.07) is 3.83. The number of carboxylic acids is 1. The molecular formula is C14H21NO3S. The molecule has 1 fully saturated rings. The van der Waals surface area contributed by atoms with Crippen LogP contribution in [-0.4, -0.2) is 28.6 Å². The van der Waals surface area contributed by atoms with Gasteiger partial charge < -0.3 is 14.8 Å². The zero-order chi connectivity index (χ0) is 13.8. The Bertz CT molecular complexity index is 424. The van der Waals surface area contributed by atoms with Crippen molar-refractivity contribution in [3.8, 4) is 0 Å². The highest BCUT2D eigenvalue weighted by molar-refractivity contribution is 7.99. The molecule has 19 heavy (non-hydrogen) atoms. The second-order valence-corrected chi connectivity index (χ2v) is 6.24. The average molecular weight is 283 g/mol. The topological polar surface area (TPSA) is 62.5 Å². The molecule has 0 radical (unpaired) electrons. The molecule has 1 aliphatic carbocycles. The molecule has 1 atom stereocenters. The predicted octanol–water partition coefficient (Wildman–Crippen LogP) is 3.30. The van der Waals surface area contributed by atoms with Crippen LogP contribution in [0.5, 0.6) is 0 Å². The van der Waals surface area contributed by atoms with Crippen molar-refractivity contribution < 1.29 is 14.3 Å². The van der Waals surface area contributed by atoms with E-state index in [2.05, 4.69) is 11.6 Å². The molecule has 1 aliphatic rings. The van der Waals surface area contributed by atoms with Gasteiger partial charge in [-0.15, -0.1) is 0 Å². The zero-order valence-electron chi connectivity index (χ0n) is 11.4. The molecule has 1 aromatic rings. The monoisotopic (exact) mass is 283 g/mol.